The fourth-order valence-electron chi connectivity index (χ4n) is 2.99. The van der Waals surface area contributed by atoms with Gasteiger partial charge in [0.05, 0.1) is 0 Å². The number of pyridine rings is 1. The van der Waals surface area contributed by atoms with Crippen LogP contribution >= 0.6 is 0 Å². The fraction of sp³-hybridized carbons (Fsp3) is 0.0500. The minimum absolute atomic E-state index is 0.0396. The monoisotopic (exact) mass is 437 g/mol. The first-order valence-electron chi connectivity index (χ1n) is 7.79. The number of benzene rings is 1. The second-order valence-electron chi connectivity index (χ2n) is 5.60. The Morgan fingerprint density at radius 2 is 2.16 bits per heavy atom. The molecule has 2 aromatic heterocycles. The molecule has 3 aromatic rings. The number of rotatable bonds is 3. The zero-order chi connectivity index (χ0) is 17.1. The zero-order valence-electron chi connectivity index (χ0n) is 13.2. The third-order valence-corrected chi connectivity index (χ3v) is 6.01. The summed E-state index contributed by atoms with van der Waals surface area (Å²) in [5.41, 5.74) is 4.89. The summed E-state index contributed by atoms with van der Waals surface area (Å²) in [6.45, 7) is 0. The molecule has 1 atom stereocenters. The molecule has 1 aliphatic heterocycles. The molecule has 0 bridgehead atoms. The van der Waals surface area contributed by atoms with E-state index in [1.165, 1.54) is 5.57 Å². The average Bonchev–Trinajstić information content (AvgIpc) is 3.04. The normalized spacial score (nSPS) is 15.1. The van der Waals surface area contributed by atoms with Gasteiger partial charge in [-0.1, -0.05) is 0 Å². The van der Waals surface area contributed by atoms with Crippen LogP contribution in [0.1, 0.15) is 22.7 Å². The van der Waals surface area contributed by atoms with Gasteiger partial charge in [-0.05, 0) is 0 Å². The van der Waals surface area contributed by atoms with Gasteiger partial charge in [0.25, 0.3) is 0 Å². The van der Waals surface area contributed by atoms with Crippen molar-refractivity contribution in [2.24, 2.45) is 0 Å². The third-order valence-electron chi connectivity index (χ3n) is 4.10. The first-order chi connectivity index (χ1) is 12.4. The van der Waals surface area contributed by atoms with Crippen LogP contribution in [0.2, 0.25) is 0 Å². The Hall–Kier alpha value is -2.72. The van der Waals surface area contributed by atoms with Crippen LogP contribution in [0.4, 0.5) is 0 Å². The minimum atomic E-state index is -0.117. The van der Waals surface area contributed by atoms with Crippen LogP contribution in [0.5, 0.6) is 0 Å². The molecule has 0 saturated heterocycles. The van der Waals surface area contributed by atoms with Crippen LogP contribution in [-0.4, -0.2) is 15.0 Å². The Balaban J connectivity index is 1.96. The summed E-state index contributed by atoms with van der Waals surface area (Å²) in [4.78, 5) is 11.9. The number of hydrogen-bond acceptors (Lipinski definition) is 3. The molecule has 3 heterocycles. The second-order valence-corrected chi connectivity index (χ2v) is 7.66. The van der Waals surface area contributed by atoms with Crippen molar-refractivity contribution in [3.05, 3.63) is 91.8 Å². The van der Waals surface area contributed by atoms with Crippen LogP contribution in [0.3, 0.4) is 0 Å². The second kappa shape index (κ2) is 7.03. The summed E-state index contributed by atoms with van der Waals surface area (Å²) in [5.74, 6) is 0.0396. The molecule has 0 amide bonds. The van der Waals surface area contributed by atoms with E-state index in [1.807, 2.05) is 24.4 Å². The van der Waals surface area contributed by atoms with Crippen molar-refractivity contribution in [3.8, 4) is 6.07 Å². The number of aromatic amines is 1. The quantitative estimate of drug-likeness (QED) is 0.623. The summed E-state index contributed by atoms with van der Waals surface area (Å²) in [5, 5.41) is 10.3. The number of aromatic nitrogens is 3. The number of halogens is 1. The number of allylic oxidation sites excluding steroid dienone is 4. The summed E-state index contributed by atoms with van der Waals surface area (Å²) in [6, 6.07) is 10.2. The summed E-state index contributed by atoms with van der Waals surface area (Å²) in [6.07, 6.45) is 11.6. The molecular weight excluding hydrogens is 423 g/mol. The van der Waals surface area contributed by atoms with E-state index in [1.54, 1.807) is 12.5 Å². The van der Waals surface area contributed by atoms with Crippen LogP contribution in [0, 0.1) is 11.3 Å². The molecule has 122 valence electrons. The number of hydrogen-bond donors (Lipinski definition) is 1. The number of imidazole rings is 1. The number of H-pyrrole nitrogens is 1. The van der Waals surface area contributed by atoms with E-state index >= 15 is 0 Å². The maximum atomic E-state index is 9.26. The van der Waals surface area contributed by atoms with Crippen molar-refractivity contribution < 1.29 is 21.2 Å². The average molecular weight is 437 g/mol. The zero-order valence-corrected chi connectivity index (χ0v) is 15.4. The van der Waals surface area contributed by atoms with E-state index < -0.39 is 0 Å². The number of nitrogens with one attached hydrogen (secondary N) is 1. The van der Waals surface area contributed by atoms with Gasteiger partial charge in [-0.25, -0.2) is 0 Å². The van der Waals surface area contributed by atoms with Gasteiger partial charge in [-0.2, -0.15) is 0 Å². The molecule has 0 spiro atoms. The van der Waals surface area contributed by atoms with Gasteiger partial charge in [0.15, 0.2) is 0 Å². The molecule has 0 radical (unpaired) electrons. The standard InChI is InChI=1S/C20H14IN4/c22-10-14-8-17-16(5-3-6-18(17)24-11-14)20(19-12-23-13-25-19)15-4-1-2-7-21-9-15/h1-9,11-13,20H,(H,23,25)/q-1. The molecule has 1 aliphatic rings. The first-order valence-corrected chi connectivity index (χ1v) is 10.3. The van der Waals surface area contributed by atoms with Crippen LogP contribution in [0.15, 0.2) is 75.0 Å². The van der Waals surface area contributed by atoms with Gasteiger partial charge < -0.3 is 0 Å². The molecule has 25 heavy (non-hydrogen) atoms. The molecule has 5 heteroatoms. The molecule has 1 unspecified atom stereocenters. The van der Waals surface area contributed by atoms with Gasteiger partial charge in [-0.3, -0.25) is 0 Å². The molecule has 4 rings (SSSR count). The van der Waals surface area contributed by atoms with Crippen LogP contribution in [0.25, 0.3) is 10.9 Å². The first kappa shape index (κ1) is 15.8. The van der Waals surface area contributed by atoms with Gasteiger partial charge in [-0.15, -0.1) is 0 Å². The topological polar surface area (TPSA) is 65.4 Å². The van der Waals surface area contributed by atoms with Crippen molar-refractivity contribution in [1.29, 1.82) is 5.26 Å². The summed E-state index contributed by atoms with van der Waals surface area (Å²) < 4.78 is 4.58. The molecule has 1 N–H and O–H groups in total. The van der Waals surface area contributed by atoms with Gasteiger partial charge >= 0.3 is 156 Å². The van der Waals surface area contributed by atoms with E-state index in [2.05, 4.69) is 53.5 Å². The Bertz CT molecular complexity index is 1040. The van der Waals surface area contributed by atoms with Crippen molar-refractivity contribution in [2.75, 3.05) is 0 Å². The van der Waals surface area contributed by atoms with E-state index in [0.29, 0.717) is 5.56 Å². The van der Waals surface area contributed by atoms with Crippen molar-refractivity contribution in [1.82, 2.24) is 15.0 Å². The van der Waals surface area contributed by atoms with E-state index in [-0.39, 0.29) is 27.1 Å². The van der Waals surface area contributed by atoms with E-state index in [4.69, 9.17) is 0 Å². The predicted molar refractivity (Wildman–Crippen MR) is 93.3 cm³/mol. The van der Waals surface area contributed by atoms with Crippen molar-refractivity contribution in [3.63, 3.8) is 0 Å². The van der Waals surface area contributed by atoms with Gasteiger partial charge in [0.1, 0.15) is 0 Å². The number of fused-ring (bicyclic) bond motifs is 1. The van der Waals surface area contributed by atoms with Gasteiger partial charge in [0, 0.05) is 0 Å². The molecular formula is C20H14IN4-. The Morgan fingerprint density at radius 1 is 1.20 bits per heavy atom. The molecule has 0 fully saturated rings. The molecule has 0 saturated carbocycles. The van der Waals surface area contributed by atoms with E-state index in [9.17, 15) is 5.26 Å². The van der Waals surface area contributed by atoms with Gasteiger partial charge in [0.2, 0.25) is 0 Å². The van der Waals surface area contributed by atoms with Crippen molar-refractivity contribution >= 4 is 10.9 Å². The Kier molecular flexibility index (Phi) is 4.44. The third kappa shape index (κ3) is 3.13. The molecule has 0 aliphatic carbocycles. The number of nitriles is 1. The van der Waals surface area contributed by atoms with Crippen molar-refractivity contribution in [2.45, 2.75) is 5.92 Å². The maximum absolute atomic E-state index is 9.26. The summed E-state index contributed by atoms with van der Waals surface area (Å²) >= 11 is -0.117. The predicted octanol–water partition coefficient (Wildman–Crippen LogP) is 1.02. The SMILES string of the molecule is N#Cc1cnc2cccc(C(C3=C[I-]C=CC=C3)c3cnc[nH]3)c2c1. The molecule has 4 nitrogen and oxygen atoms in total. The van der Waals surface area contributed by atoms with Crippen LogP contribution < -0.4 is 21.2 Å². The fourth-order valence-corrected chi connectivity index (χ4v) is 4.66. The van der Waals surface area contributed by atoms with E-state index in [0.717, 1.165) is 22.2 Å². The molecule has 1 aromatic carbocycles. The Labute approximate surface area is 155 Å². The van der Waals surface area contributed by atoms with Crippen LogP contribution in [-0.2, 0) is 0 Å². The summed E-state index contributed by atoms with van der Waals surface area (Å²) in [7, 11) is 0. The Morgan fingerprint density at radius 3 is 3.00 bits per heavy atom. The number of nitrogens with zero attached hydrogens (tertiary/aromatic N) is 3.